The summed E-state index contributed by atoms with van der Waals surface area (Å²) in [5.74, 6) is 0.765. The molecule has 0 aromatic carbocycles. The van der Waals surface area contributed by atoms with E-state index in [2.05, 4.69) is 45.0 Å². The second kappa shape index (κ2) is 12.9. The molecule has 0 bridgehead atoms. The highest BCUT2D eigenvalue weighted by atomic mass is 16.5. The van der Waals surface area contributed by atoms with Gasteiger partial charge in [-0.05, 0) is 59.3 Å². The van der Waals surface area contributed by atoms with E-state index in [1.807, 2.05) is 0 Å². The van der Waals surface area contributed by atoms with Gasteiger partial charge in [-0.15, -0.1) is 0 Å². The molecule has 0 aliphatic rings. The maximum atomic E-state index is 5.55. The molecule has 0 aromatic rings. The first-order valence-electron chi connectivity index (χ1n) is 8.03. The number of rotatable bonds is 13. The third-order valence-electron chi connectivity index (χ3n) is 3.12. The van der Waals surface area contributed by atoms with Gasteiger partial charge in [0.1, 0.15) is 0 Å². The van der Waals surface area contributed by atoms with Crippen LogP contribution in [0.25, 0.3) is 0 Å². The summed E-state index contributed by atoms with van der Waals surface area (Å²) in [6, 6.07) is 0. The van der Waals surface area contributed by atoms with Gasteiger partial charge in [-0.25, -0.2) is 0 Å². The van der Waals surface area contributed by atoms with E-state index in [9.17, 15) is 0 Å². The van der Waals surface area contributed by atoms with E-state index in [1.54, 1.807) is 0 Å². The predicted octanol–water partition coefficient (Wildman–Crippen LogP) is 3.15. The van der Waals surface area contributed by atoms with Gasteiger partial charge in [0, 0.05) is 6.54 Å². The quantitative estimate of drug-likeness (QED) is 0.521. The number of hydrogen-bond acceptors (Lipinski definition) is 3. The predicted molar refractivity (Wildman–Crippen MR) is 84.8 cm³/mol. The Balaban J connectivity index is 3.16. The number of ether oxygens (including phenoxy) is 1. The molecule has 0 aliphatic heterocycles. The molecular weight excluding hydrogens is 236 g/mol. The Morgan fingerprint density at radius 3 is 2.26 bits per heavy atom. The zero-order chi connectivity index (χ0) is 14.5. The molecule has 116 valence electrons. The normalized spacial score (nSPS) is 12.0. The summed E-state index contributed by atoms with van der Waals surface area (Å²) in [7, 11) is 2.19. The second-order valence-electron chi connectivity index (χ2n) is 6.24. The van der Waals surface area contributed by atoms with Crippen LogP contribution in [-0.2, 0) is 4.74 Å². The lowest BCUT2D eigenvalue weighted by Crippen LogP contribution is -2.25. The number of nitrogens with one attached hydrogen (secondary N) is 1. The van der Waals surface area contributed by atoms with E-state index in [0.717, 1.165) is 25.6 Å². The fourth-order valence-electron chi connectivity index (χ4n) is 1.93. The Morgan fingerprint density at radius 1 is 0.947 bits per heavy atom. The van der Waals surface area contributed by atoms with Crippen LogP contribution in [-0.4, -0.2) is 50.8 Å². The first kappa shape index (κ1) is 18.9. The van der Waals surface area contributed by atoms with Crippen LogP contribution in [0.3, 0.4) is 0 Å². The fourth-order valence-corrected chi connectivity index (χ4v) is 1.93. The molecule has 1 N–H and O–H groups in total. The zero-order valence-electron chi connectivity index (χ0n) is 13.9. The van der Waals surface area contributed by atoms with Gasteiger partial charge in [0.25, 0.3) is 0 Å². The maximum Gasteiger partial charge on any atom is 0.0596 e. The molecule has 0 heterocycles. The van der Waals surface area contributed by atoms with Gasteiger partial charge >= 0.3 is 0 Å². The average Bonchev–Trinajstić information content (AvgIpc) is 2.31. The number of nitrogens with zero attached hydrogens (tertiary/aromatic N) is 1. The van der Waals surface area contributed by atoms with Crippen molar-refractivity contribution in [1.82, 2.24) is 10.2 Å². The van der Waals surface area contributed by atoms with Crippen LogP contribution in [0, 0.1) is 5.92 Å². The topological polar surface area (TPSA) is 24.5 Å². The number of unbranched alkanes of at least 4 members (excludes halogenated alkanes) is 3. The molecule has 0 atom stereocenters. The van der Waals surface area contributed by atoms with Crippen LogP contribution in [0.1, 0.15) is 53.4 Å². The lowest BCUT2D eigenvalue weighted by Gasteiger charge is -2.17. The minimum atomic E-state index is 0.353. The molecule has 0 rings (SSSR count). The van der Waals surface area contributed by atoms with E-state index in [1.165, 1.54) is 38.8 Å². The third kappa shape index (κ3) is 15.8. The summed E-state index contributed by atoms with van der Waals surface area (Å²) in [5.41, 5.74) is 0. The Hall–Kier alpha value is -0.120. The van der Waals surface area contributed by atoms with Crippen LogP contribution in [0.15, 0.2) is 0 Å². The summed E-state index contributed by atoms with van der Waals surface area (Å²) >= 11 is 0. The van der Waals surface area contributed by atoms with Gasteiger partial charge in [0.15, 0.2) is 0 Å². The van der Waals surface area contributed by atoms with Crippen molar-refractivity contribution in [3.05, 3.63) is 0 Å². The molecule has 0 amide bonds. The van der Waals surface area contributed by atoms with E-state index in [-0.39, 0.29) is 0 Å². The molecule has 0 radical (unpaired) electrons. The minimum absolute atomic E-state index is 0.353. The van der Waals surface area contributed by atoms with Gasteiger partial charge in [0.05, 0.1) is 12.7 Å². The number of likely N-dealkylation sites (N-methyl/N-ethyl adjacent to an activating group) is 1. The van der Waals surface area contributed by atoms with Gasteiger partial charge < -0.3 is 15.0 Å². The Labute approximate surface area is 121 Å². The Bertz CT molecular complexity index is 184. The average molecular weight is 272 g/mol. The molecule has 0 spiro atoms. The third-order valence-corrected chi connectivity index (χ3v) is 3.12. The monoisotopic (exact) mass is 272 g/mol. The van der Waals surface area contributed by atoms with Crippen LogP contribution >= 0.6 is 0 Å². The van der Waals surface area contributed by atoms with Crippen molar-refractivity contribution in [2.75, 3.05) is 39.8 Å². The van der Waals surface area contributed by atoms with Gasteiger partial charge in [-0.2, -0.15) is 0 Å². The molecule has 3 heteroatoms. The summed E-state index contributed by atoms with van der Waals surface area (Å²) < 4.78 is 5.55. The summed E-state index contributed by atoms with van der Waals surface area (Å²) in [6.07, 6.45) is 5.67. The highest BCUT2D eigenvalue weighted by Crippen LogP contribution is 2.01. The highest BCUT2D eigenvalue weighted by molar-refractivity contribution is 4.55. The van der Waals surface area contributed by atoms with Crippen molar-refractivity contribution < 1.29 is 4.74 Å². The van der Waals surface area contributed by atoms with E-state index in [0.29, 0.717) is 6.10 Å². The van der Waals surface area contributed by atoms with Gasteiger partial charge in [-0.1, -0.05) is 26.7 Å². The highest BCUT2D eigenvalue weighted by Gasteiger charge is 1.99. The summed E-state index contributed by atoms with van der Waals surface area (Å²) in [4.78, 5) is 2.37. The van der Waals surface area contributed by atoms with Gasteiger partial charge in [-0.3, -0.25) is 0 Å². The molecular formula is C16H36N2O. The molecule has 0 unspecified atom stereocenters. The van der Waals surface area contributed by atoms with Crippen LogP contribution in [0.2, 0.25) is 0 Å². The lowest BCUT2D eigenvalue weighted by atomic mass is 10.2. The summed E-state index contributed by atoms with van der Waals surface area (Å²) in [5, 5.41) is 3.50. The molecule has 3 nitrogen and oxygen atoms in total. The lowest BCUT2D eigenvalue weighted by molar-refractivity contribution is 0.0636. The Morgan fingerprint density at radius 2 is 1.63 bits per heavy atom. The van der Waals surface area contributed by atoms with Crippen molar-refractivity contribution in [2.45, 2.75) is 59.5 Å². The molecule has 19 heavy (non-hydrogen) atoms. The second-order valence-corrected chi connectivity index (χ2v) is 6.24. The largest absolute Gasteiger partial charge is 0.377 e. The van der Waals surface area contributed by atoms with Gasteiger partial charge in [0.2, 0.25) is 0 Å². The van der Waals surface area contributed by atoms with Crippen molar-refractivity contribution in [2.24, 2.45) is 5.92 Å². The smallest absolute Gasteiger partial charge is 0.0596 e. The van der Waals surface area contributed by atoms with Crippen molar-refractivity contribution >= 4 is 0 Å². The van der Waals surface area contributed by atoms with Crippen LogP contribution in [0.4, 0.5) is 0 Å². The SMILES string of the molecule is CC(C)CNCCCCCCN(C)CCOC(C)C. The molecule has 0 saturated heterocycles. The Kier molecular flexibility index (Phi) is 12.8. The maximum absolute atomic E-state index is 5.55. The molecule has 0 aromatic heterocycles. The fraction of sp³-hybridized carbons (Fsp3) is 1.00. The van der Waals surface area contributed by atoms with Crippen molar-refractivity contribution in [3.8, 4) is 0 Å². The van der Waals surface area contributed by atoms with E-state index >= 15 is 0 Å². The molecule has 0 aliphatic carbocycles. The van der Waals surface area contributed by atoms with E-state index < -0.39 is 0 Å². The van der Waals surface area contributed by atoms with Crippen molar-refractivity contribution in [1.29, 1.82) is 0 Å². The molecule has 0 saturated carbocycles. The minimum Gasteiger partial charge on any atom is -0.377 e. The van der Waals surface area contributed by atoms with Crippen molar-refractivity contribution in [3.63, 3.8) is 0 Å². The van der Waals surface area contributed by atoms with E-state index in [4.69, 9.17) is 4.74 Å². The number of hydrogen-bond donors (Lipinski definition) is 1. The van der Waals surface area contributed by atoms with Crippen LogP contribution < -0.4 is 5.32 Å². The summed E-state index contributed by atoms with van der Waals surface area (Å²) in [6.45, 7) is 14.1. The first-order valence-corrected chi connectivity index (χ1v) is 8.03. The zero-order valence-corrected chi connectivity index (χ0v) is 13.9. The standard InChI is InChI=1S/C16H36N2O/c1-15(2)14-17-10-8-6-7-9-11-18(5)12-13-19-16(3)4/h15-17H,6-14H2,1-5H3. The van der Waals surface area contributed by atoms with Crippen LogP contribution in [0.5, 0.6) is 0 Å². The molecule has 0 fully saturated rings. The first-order chi connectivity index (χ1) is 9.02.